The van der Waals surface area contributed by atoms with Crippen LogP contribution in [0.5, 0.6) is 5.75 Å². The summed E-state index contributed by atoms with van der Waals surface area (Å²) in [5.41, 5.74) is 6.49. The number of primary amides is 1. The van der Waals surface area contributed by atoms with E-state index in [0.717, 1.165) is 3.57 Å². The van der Waals surface area contributed by atoms with Gasteiger partial charge in [0.2, 0.25) is 5.91 Å². The van der Waals surface area contributed by atoms with Gasteiger partial charge in [-0.15, -0.1) is 0 Å². The molecule has 108 valence electrons. The third-order valence-corrected chi connectivity index (χ3v) is 3.79. The van der Waals surface area contributed by atoms with Crippen molar-refractivity contribution in [2.45, 2.75) is 0 Å². The van der Waals surface area contributed by atoms with E-state index in [1.54, 1.807) is 24.3 Å². The average Bonchev–Trinajstić information content (AvgIpc) is 2.47. The van der Waals surface area contributed by atoms with Crippen LogP contribution in [0.25, 0.3) is 0 Å². The predicted molar refractivity (Wildman–Crippen MR) is 88.6 cm³/mol. The molecule has 2 amide bonds. The van der Waals surface area contributed by atoms with E-state index in [4.69, 9.17) is 10.5 Å². The highest BCUT2D eigenvalue weighted by Crippen LogP contribution is 2.26. The molecule has 0 saturated carbocycles. The van der Waals surface area contributed by atoms with Crippen molar-refractivity contribution in [2.75, 3.05) is 12.4 Å². The van der Waals surface area contributed by atoms with Gasteiger partial charge in [-0.25, -0.2) is 0 Å². The number of carbonyl (C=O) groups is 2. The molecule has 0 heterocycles. The quantitative estimate of drug-likeness (QED) is 0.780. The van der Waals surface area contributed by atoms with Gasteiger partial charge < -0.3 is 15.8 Å². The van der Waals surface area contributed by atoms with Gasteiger partial charge in [-0.1, -0.05) is 12.1 Å². The zero-order valence-corrected chi connectivity index (χ0v) is 13.4. The molecular formula is C15H13IN2O3. The number of nitrogens with one attached hydrogen (secondary N) is 1. The maximum atomic E-state index is 12.3. The monoisotopic (exact) mass is 396 g/mol. The van der Waals surface area contributed by atoms with Crippen LogP contribution in [0.4, 0.5) is 5.69 Å². The normalized spacial score (nSPS) is 10.0. The Morgan fingerprint density at radius 2 is 1.90 bits per heavy atom. The van der Waals surface area contributed by atoms with E-state index in [9.17, 15) is 9.59 Å². The van der Waals surface area contributed by atoms with Crippen LogP contribution < -0.4 is 15.8 Å². The summed E-state index contributed by atoms with van der Waals surface area (Å²) in [6, 6.07) is 11.8. The van der Waals surface area contributed by atoms with Gasteiger partial charge in [-0.3, -0.25) is 9.59 Å². The molecular weight excluding hydrogens is 383 g/mol. The average molecular weight is 396 g/mol. The van der Waals surface area contributed by atoms with Crippen molar-refractivity contribution in [1.29, 1.82) is 0 Å². The number of anilines is 1. The summed E-state index contributed by atoms with van der Waals surface area (Å²) in [6.45, 7) is 0. The molecule has 2 aromatic carbocycles. The van der Waals surface area contributed by atoms with E-state index in [1.807, 2.05) is 12.1 Å². The number of carbonyl (C=O) groups excluding carboxylic acids is 2. The minimum absolute atomic E-state index is 0.278. The maximum absolute atomic E-state index is 12.3. The molecule has 0 aliphatic carbocycles. The first-order valence-electron chi connectivity index (χ1n) is 6.06. The van der Waals surface area contributed by atoms with Gasteiger partial charge in [0.1, 0.15) is 5.75 Å². The van der Waals surface area contributed by atoms with Crippen LogP contribution in [0.15, 0.2) is 42.5 Å². The van der Waals surface area contributed by atoms with E-state index in [0.29, 0.717) is 22.6 Å². The molecule has 21 heavy (non-hydrogen) atoms. The van der Waals surface area contributed by atoms with E-state index in [1.165, 1.54) is 13.2 Å². The number of hydrogen-bond acceptors (Lipinski definition) is 3. The zero-order valence-electron chi connectivity index (χ0n) is 11.2. The lowest BCUT2D eigenvalue weighted by Crippen LogP contribution is -2.16. The number of hydrogen-bond donors (Lipinski definition) is 2. The Morgan fingerprint density at radius 1 is 1.19 bits per heavy atom. The highest BCUT2D eigenvalue weighted by Gasteiger charge is 2.13. The number of halogens is 1. The van der Waals surface area contributed by atoms with Crippen molar-refractivity contribution in [3.8, 4) is 5.75 Å². The fourth-order valence-electron chi connectivity index (χ4n) is 1.79. The Labute approximate surface area is 135 Å². The Hall–Kier alpha value is -2.09. The van der Waals surface area contributed by atoms with Gasteiger partial charge in [0.15, 0.2) is 0 Å². The molecule has 0 spiro atoms. The van der Waals surface area contributed by atoms with Crippen molar-refractivity contribution < 1.29 is 14.3 Å². The Kier molecular flexibility index (Phi) is 4.79. The number of methoxy groups -OCH3 is 1. The summed E-state index contributed by atoms with van der Waals surface area (Å²) < 4.78 is 6.01. The molecule has 0 atom stereocenters. The summed E-state index contributed by atoms with van der Waals surface area (Å²) in [7, 11) is 1.49. The van der Waals surface area contributed by atoms with Crippen molar-refractivity contribution in [3.63, 3.8) is 0 Å². The minimum Gasteiger partial charge on any atom is -0.495 e. The predicted octanol–water partition coefficient (Wildman–Crippen LogP) is 2.65. The third kappa shape index (κ3) is 3.52. The molecule has 0 radical (unpaired) electrons. The van der Waals surface area contributed by atoms with Gasteiger partial charge in [-0.05, 0) is 52.9 Å². The number of benzene rings is 2. The van der Waals surface area contributed by atoms with E-state index < -0.39 is 5.91 Å². The molecule has 0 fully saturated rings. The lowest BCUT2D eigenvalue weighted by Gasteiger charge is -2.12. The van der Waals surface area contributed by atoms with Crippen LogP contribution >= 0.6 is 22.6 Å². The number of rotatable bonds is 4. The Bertz CT molecular complexity index is 701. The number of ether oxygens (including phenoxy) is 1. The molecule has 2 rings (SSSR count). The fourth-order valence-corrected chi connectivity index (χ4v) is 2.43. The first kappa shape index (κ1) is 15.3. The topological polar surface area (TPSA) is 81.4 Å². The molecule has 6 heteroatoms. The van der Waals surface area contributed by atoms with Crippen molar-refractivity contribution in [3.05, 3.63) is 57.2 Å². The summed E-state index contributed by atoms with van der Waals surface area (Å²) in [4.78, 5) is 23.5. The fraction of sp³-hybridized carbons (Fsp3) is 0.0667. The highest BCUT2D eigenvalue weighted by molar-refractivity contribution is 14.1. The molecule has 0 aromatic heterocycles. The van der Waals surface area contributed by atoms with E-state index in [-0.39, 0.29) is 5.91 Å². The SMILES string of the molecule is COc1ccc(C(N)=O)cc1NC(=O)c1ccccc1I. The lowest BCUT2D eigenvalue weighted by atomic mass is 10.1. The van der Waals surface area contributed by atoms with Gasteiger partial charge in [-0.2, -0.15) is 0 Å². The van der Waals surface area contributed by atoms with Crippen LogP contribution in [0.3, 0.4) is 0 Å². The minimum atomic E-state index is -0.567. The van der Waals surface area contributed by atoms with Crippen molar-refractivity contribution in [2.24, 2.45) is 5.73 Å². The van der Waals surface area contributed by atoms with Crippen LogP contribution in [0, 0.1) is 3.57 Å². The van der Waals surface area contributed by atoms with E-state index >= 15 is 0 Å². The first-order valence-corrected chi connectivity index (χ1v) is 7.14. The molecule has 0 unspecified atom stereocenters. The van der Waals surface area contributed by atoms with E-state index in [2.05, 4.69) is 27.9 Å². The highest BCUT2D eigenvalue weighted by atomic mass is 127. The molecule has 0 bridgehead atoms. The van der Waals surface area contributed by atoms with Gasteiger partial charge >= 0.3 is 0 Å². The maximum Gasteiger partial charge on any atom is 0.256 e. The zero-order chi connectivity index (χ0) is 15.4. The van der Waals surface area contributed by atoms with Gasteiger partial charge in [0.05, 0.1) is 18.4 Å². The second kappa shape index (κ2) is 6.57. The summed E-state index contributed by atoms with van der Waals surface area (Å²) in [5.74, 6) is -0.387. The summed E-state index contributed by atoms with van der Waals surface area (Å²) in [6.07, 6.45) is 0. The van der Waals surface area contributed by atoms with Crippen LogP contribution in [0.1, 0.15) is 20.7 Å². The molecule has 2 aromatic rings. The van der Waals surface area contributed by atoms with Gasteiger partial charge in [0, 0.05) is 9.13 Å². The van der Waals surface area contributed by atoms with Crippen LogP contribution in [-0.2, 0) is 0 Å². The number of amides is 2. The summed E-state index contributed by atoms with van der Waals surface area (Å²) >= 11 is 2.09. The van der Waals surface area contributed by atoms with Gasteiger partial charge in [0.25, 0.3) is 5.91 Å². The Morgan fingerprint density at radius 3 is 2.52 bits per heavy atom. The lowest BCUT2D eigenvalue weighted by molar-refractivity contribution is 0.0996. The first-order chi connectivity index (χ1) is 10.0. The van der Waals surface area contributed by atoms with Crippen molar-refractivity contribution in [1.82, 2.24) is 0 Å². The second-order valence-corrected chi connectivity index (χ2v) is 5.38. The summed E-state index contributed by atoms with van der Waals surface area (Å²) in [5, 5.41) is 2.74. The third-order valence-electron chi connectivity index (χ3n) is 2.85. The van der Waals surface area contributed by atoms with Crippen molar-refractivity contribution >= 4 is 40.1 Å². The molecule has 3 N–H and O–H groups in total. The standard InChI is InChI=1S/C15H13IN2O3/c1-21-13-7-6-9(14(17)19)8-12(13)18-15(20)10-4-2-3-5-11(10)16/h2-8H,1H3,(H2,17,19)(H,18,20). The molecule has 0 aliphatic rings. The Balaban J connectivity index is 2.34. The molecule has 5 nitrogen and oxygen atoms in total. The smallest absolute Gasteiger partial charge is 0.256 e. The largest absolute Gasteiger partial charge is 0.495 e. The molecule has 0 aliphatic heterocycles. The second-order valence-electron chi connectivity index (χ2n) is 4.21. The van der Waals surface area contributed by atoms with Crippen LogP contribution in [0.2, 0.25) is 0 Å². The van der Waals surface area contributed by atoms with Crippen LogP contribution in [-0.4, -0.2) is 18.9 Å². The molecule has 0 saturated heterocycles. The number of nitrogens with two attached hydrogens (primary N) is 1.